The number of benzene rings is 1. The van der Waals surface area contributed by atoms with Gasteiger partial charge in [-0.2, -0.15) is 4.98 Å². The molecule has 1 aliphatic heterocycles. The molecule has 5 rings (SSSR count). The van der Waals surface area contributed by atoms with Gasteiger partial charge in [-0.15, -0.1) is 10.2 Å². The van der Waals surface area contributed by atoms with Gasteiger partial charge in [0, 0.05) is 18.5 Å². The molecule has 1 saturated heterocycles. The topological polar surface area (TPSA) is 67.9 Å². The fourth-order valence-electron chi connectivity index (χ4n) is 4.01. The number of piperidine rings is 1. The van der Waals surface area contributed by atoms with Crippen molar-refractivity contribution in [3.05, 3.63) is 59.4 Å². The van der Waals surface area contributed by atoms with Crippen LogP contribution in [0.1, 0.15) is 29.8 Å². The zero-order valence-corrected chi connectivity index (χ0v) is 14.6. The van der Waals surface area contributed by atoms with Crippen molar-refractivity contribution in [1.82, 2.24) is 20.3 Å². The van der Waals surface area contributed by atoms with Crippen molar-refractivity contribution >= 4 is 11.9 Å². The summed E-state index contributed by atoms with van der Waals surface area (Å²) in [6.45, 7) is 3.71. The molecule has 2 aromatic heterocycles. The Morgan fingerprint density at radius 3 is 2.62 bits per heavy atom. The van der Waals surface area contributed by atoms with Gasteiger partial charge in [0.2, 0.25) is 0 Å². The van der Waals surface area contributed by atoms with Crippen LogP contribution in [0.25, 0.3) is 17.7 Å². The summed E-state index contributed by atoms with van der Waals surface area (Å²) in [6.07, 6.45) is 6.84. The first kappa shape index (κ1) is 15.3. The molecular formula is C20H19N5O. The number of rotatable bonds is 2. The maximum absolute atomic E-state index is 5.15. The van der Waals surface area contributed by atoms with Crippen LogP contribution < -0.4 is 4.90 Å². The molecule has 1 aromatic carbocycles. The lowest BCUT2D eigenvalue weighted by molar-refractivity contribution is 0.409. The summed E-state index contributed by atoms with van der Waals surface area (Å²) in [4.78, 5) is 6.49. The van der Waals surface area contributed by atoms with Crippen molar-refractivity contribution in [3.8, 4) is 11.6 Å². The van der Waals surface area contributed by atoms with Crippen molar-refractivity contribution in [2.24, 2.45) is 0 Å². The van der Waals surface area contributed by atoms with E-state index in [-0.39, 0.29) is 5.41 Å². The Balaban J connectivity index is 1.33. The van der Waals surface area contributed by atoms with Crippen molar-refractivity contribution in [2.45, 2.75) is 25.2 Å². The van der Waals surface area contributed by atoms with E-state index < -0.39 is 0 Å². The molecule has 0 unspecified atom stereocenters. The lowest BCUT2D eigenvalue weighted by Gasteiger charge is -2.39. The van der Waals surface area contributed by atoms with Gasteiger partial charge in [0.05, 0.1) is 0 Å². The number of fused-ring (bicyclic) bond motifs is 2. The third-order valence-electron chi connectivity index (χ3n) is 5.46. The Hall–Kier alpha value is -3.02. The fraction of sp³-hybridized carbons (Fsp3) is 0.300. The van der Waals surface area contributed by atoms with Gasteiger partial charge in [-0.1, -0.05) is 41.6 Å². The second kappa shape index (κ2) is 5.76. The molecule has 3 aromatic rings. The molecule has 0 atom stereocenters. The highest BCUT2D eigenvalue weighted by Gasteiger charge is 2.38. The second-order valence-electron chi connectivity index (χ2n) is 6.99. The maximum Gasteiger partial charge on any atom is 0.278 e. The molecule has 0 N–H and O–H groups in total. The lowest BCUT2D eigenvalue weighted by atomic mass is 9.74. The first-order valence-electron chi connectivity index (χ1n) is 8.92. The van der Waals surface area contributed by atoms with Crippen molar-refractivity contribution in [3.63, 3.8) is 0 Å². The predicted molar refractivity (Wildman–Crippen MR) is 98.7 cm³/mol. The Morgan fingerprint density at radius 1 is 1.04 bits per heavy atom. The summed E-state index contributed by atoms with van der Waals surface area (Å²) in [5, 5.41) is 12.4. The SMILES string of the molecule is Cc1noc(-c2ccc(N3CCC4(C=Cc5ccccc54)CC3)nn2)n1. The number of anilines is 1. The van der Waals surface area contributed by atoms with Gasteiger partial charge < -0.3 is 9.42 Å². The van der Waals surface area contributed by atoms with Crippen LogP contribution >= 0.6 is 0 Å². The van der Waals surface area contributed by atoms with Gasteiger partial charge in [0.1, 0.15) is 0 Å². The number of aryl methyl sites for hydroxylation is 1. The molecular weight excluding hydrogens is 326 g/mol. The fourth-order valence-corrected chi connectivity index (χ4v) is 4.01. The van der Waals surface area contributed by atoms with Gasteiger partial charge in [-0.3, -0.25) is 0 Å². The zero-order chi connectivity index (χ0) is 17.6. The third kappa shape index (κ3) is 2.41. The van der Waals surface area contributed by atoms with Crippen LogP contribution in [-0.2, 0) is 5.41 Å². The molecule has 0 amide bonds. The van der Waals surface area contributed by atoms with Gasteiger partial charge in [-0.25, -0.2) is 0 Å². The number of nitrogens with zero attached hydrogens (tertiary/aromatic N) is 5. The van der Waals surface area contributed by atoms with Crippen LogP contribution in [0.4, 0.5) is 5.82 Å². The Labute approximate surface area is 151 Å². The Morgan fingerprint density at radius 2 is 1.88 bits per heavy atom. The van der Waals surface area contributed by atoms with Crippen molar-refractivity contribution in [1.29, 1.82) is 0 Å². The maximum atomic E-state index is 5.15. The summed E-state index contributed by atoms with van der Waals surface area (Å²) in [6, 6.07) is 12.6. The highest BCUT2D eigenvalue weighted by atomic mass is 16.5. The standard InChI is InChI=1S/C20H19N5O/c1-14-21-19(26-24-14)17-6-7-18(23-22-17)25-12-10-20(11-13-25)9-8-15-4-2-3-5-16(15)20/h2-9H,10-13H2,1H3. The summed E-state index contributed by atoms with van der Waals surface area (Å²) >= 11 is 0. The smallest absolute Gasteiger partial charge is 0.278 e. The van der Waals surface area contributed by atoms with Crippen molar-refractivity contribution in [2.75, 3.05) is 18.0 Å². The first-order valence-corrected chi connectivity index (χ1v) is 8.92. The third-order valence-corrected chi connectivity index (χ3v) is 5.46. The van der Waals surface area contributed by atoms with Crippen LogP contribution in [0.3, 0.4) is 0 Å². The predicted octanol–water partition coefficient (Wildman–Crippen LogP) is 3.40. The Kier molecular flexibility index (Phi) is 3.38. The number of hydrogen-bond donors (Lipinski definition) is 0. The van der Waals surface area contributed by atoms with Crippen molar-refractivity contribution < 1.29 is 4.52 Å². The molecule has 130 valence electrons. The molecule has 6 heteroatoms. The number of allylic oxidation sites excluding steroid dienone is 1. The van der Waals surface area contributed by atoms with E-state index in [4.69, 9.17) is 4.52 Å². The van der Waals surface area contributed by atoms with Gasteiger partial charge >= 0.3 is 0 Å². The minimum atomic E-state index is 0.182. The zero-order valence-electron chi connectivity index (χ0n) is 14.6. The number of aromatic nitrogens is 4. The van der Waals surface area contributed by atoms with E-state index in [0.717, 1.165) is 31.7 Å². The molecule has 0 bridgehead atoms. The molecule has 0 radical (unpaired) electrons. The molecule has 1 aliphatic carbocycles. The summed E-state index contributed by atoms with van der Waals surface area (Å²) in [5.74, 6) is 1.90. The van der Waals surface area contributed by atoms with E-state index in [0.29, 0.717) is 17.4 Å². The summed E-state index contributed by atoms with van der Waals surface area (Å²) in [5.41, 5.74) is 3.62. The first-order chi connectivity index (χ1) is 12.7. The average Bonchev–Trinajstić information content (AvgIpc) is 3.28. The summed E-state index contributed by atoms with van der Waals surface area (Å²) < 4.78 is 5.15. The van der Waals surface area contributed by atoms with Gasteiger partial charge in [0.15, 0.2) is 17.3 Å². The van der Waals surface area contributed by atoms with E-state index in [9.17, 15) is 0 Å². The van der Waals surface area contributed by atoms with E-state index in [1.54, 1.807) is 6.92 Å². The summed E-state index contributed by atoms with van der Waals surface area (Å²) in [7, 11) is 0. The number of hydrogen-bond acceptors (Lipinski definition) is 6. The van der Waals surface area contributed by atoms with E-state index in [1.807, 2.05) is 12.1 Å². The van der Waals surface area contributed by atoms with E-state index in [1.165, 1.54) is 11.1 Å². The minimum Gasteiger partial charge on any atom is -0.355 e. The lowest BCUT2D eigenvalue weighted by Crippen LogP contribution is -2.41. The minimum absolute atomic E-state index is 0.182. The normalized spacial score (nSPS) is 17.7. The molecule has 3 heterocycles. The molecule has 2 aliphatic rings. The largest absolute Gasteiger partial charge is 0.355 e. The average molecular weight is 345 g/mol. The highest BCUT2D eigenvalue weighted by molar-refractivity contribution is 5.65. The van der Waals surface area contributed by atoms with Gasteiger partial charge in [-0.05, 0) is 43.0 Å². The van der Waals surface area contributed by atoms with Crippen LogP contribution in [-0.4, -0.2) is 33.4 Å². The van der Waals surface area contributed by atoms with Crippen LogP contribution in [0.5, 0.6) is 0 Å². The monoisotopic (exact) mass is 345 g/mol. The van der Waals surface area contributed by atoms with Crippen LogP contribution in [0.15, 0.2) is 47.0 Å². The quantitative estimate of drug-likeness (QED) is 0.709. The molecule has 0 saturated carbocycles. The second-order valence-corrected chi connectivity index (χ2v) is 6.99. The molecule has 1 spiro atoms. The molecule has 26 heavy (non-hydrogen) atoms. The molecule has 6 nitrogen and oxygen atoms in total. The van der Waals surface area contributed by atoms with Gasteiger partial charge in [0.25, 0.3) is 5.89 Å². The Bertz CT molecular complexity index is 968. The highest BCUT2D eigenvalue weighted by Crippen LogP contribution is 2.44. The van der Waals surface area contributed by atoms with E-state index in [2.05, 4.69) is 61.7 Å². The molecule has 1 fully saturated rings. The van der Waals surface area contributed by atoms with Crippen LogP contribution in [0.2, 0.25) is 0 Å². The van der Waals surface area contributed by atoms with E-state index >= 15 is 0 Å². The van der Waals surface area contributed by atoms with Crippen LogP contribution in [0, 0.1) is 6.92 Å².